The zero-order valence-corrected chi connectivity index (χ0v) is 30.2. The summed E-state index contributed by atoms with van der Waals surface area (Å²) >= 11 is 0. The number of rotatable bonds is 6. The summed E-state index contributed by atoms with van der Waals surface area (Å²) in [6.45, 7) is 13.8. The maximum absolute atomic E-state index is 13.6. The fraction of sp³-hybridized carbons (Fsp3) is 0.946. The average molecular weight is 694 g/mol. The SMILES string of the molecule is CCC(C)C(=O)O[C@H]1CC[C@@]2(C)[C@@H]3CC(O)[C@H]4C5(O)C(OC(=O)C(C)(O)CC)[C@H](O)C6[C@@H](CN7C[C@@H](C)CCC7[C@@]6(C)O)C5CC42O[C@@]13O. The normalized spacial score (nSPS) is 54.8. The van der Waals surface area contributed by atoms with E-state index < -0.39 is 99.6 Å². The summed E-state index contributed by atoms with van der Waals surface area (Å²) in [7, 11) is 0. The van der Waals surface area contributed by atoms with E-state index in [2.05, 4.69) is 11.8 Å². The van der Waals surface area contributed by atoms with Crippen LogP contribution in [-0.2, 0) is 23.8 Å². The highest BCUT2D eigenvalue weighted by Crippen LogP contribution is 2.77. The Hall–Kier alpha value is -1.38. The minimum absolute atomic E-state index is 0.0259. The zero-order valence-electron chi connectivity index (χ0n) is 30.2. The lowest BCUT2D eigenvalue weighted by Crippen LogP contribution is -2.77. The van der Waals surface area contributed by atoms with Gasteiger partial charge in [-0.1, -0.05) is 34.6 Å². The van der Waals surface area contributed by atoms with Gasteiger partial charge in [0.15, 0.2) is 17.8 Å². The minimum atomic E-state index is -2.05. The second-order valence-corrected chi connectivity index (χ2v) is 18.0. The van der Waals surface area contributed by atoms with Crippen LogP contribution in [0.1, 0.15) is 99.8 Å². The van der Waals surface area contributed by atoms with Gasteiger partial charge in [-0.15, -0.1) is 0 Å². The van der Waals surface area contributed by atoms with Crippen molar-refractivity contribution in [2.45, 2.75) is 158 Å². The highest BCUT2D eigenvalue weighted by molar-refractivity contribution is 5.79. The lowest BCUT2D eigenvalue weighted by molar-refractivity contribution is -0.301. The second kappa shape index (κ2) is 11.3. The first kappa shape index (κ1) is 36.0. The molecule has 7 fully saturated rings. The van der Waals surface area contributed by atoms with E-state index in [1.165, 1.54) is 6.92 Å². The van der Waals surface area contributed by atoms with E-state index in [0.29, 0.717) is 31.7 Å². The maximum Gasteiger partial charge on any atom is 0.338 e. The molecule has 0 amide bonds. The molecule has 6 N–H and O–H groups in total. The van der Waals surface area contributed by atoms with Gasteiger partial charge in [0.2, 0.25) is 5.79 Å². The van der Waals surface area contributed by atoms with Gasteiger partial charge in [0.1, 0.15) is 5.60 Å². The highest BCUT2D eigenvalue weighted by Gasteiger charge is 2.87. The molecule has 3 saturated heterocycles. The van der Waals surface area contributed by atoms with Crippen molar-refractivity contribution in [2.75, 3.05) is 13.1 Å². The highest BCUT2D eigenvalue weighted by atomic mass is 16.7. The largest absolute Gasteiger partial charge is 0.456 e. The van der Waals surface area contributed by atoms with E-state index in [1.807, 2.05) is 13.8 Å². The van der Waals surface area contributed by atoms with Crippen LogP contribution in [0.25, 0.3) is 0 Å². The number of fused-ring (bicyclic) bond motifs is 5. The summed E-state index contributed by atoms with van der Waals surface area (Å²) in [5.41, 5.74) is -7.49. The van der Waals surface area contributed by atoms with Crippen molar-refractivity contribution < 1.29 is 54.4 Å². The molecule has 12 heteroatoms. The number of hydrogen-bond donors (Lipinski definition) is 6. The van der Waals surface area contributed by atoms with Crippen LogP contribution in [-0.4, -0.2) is 119 Å². The number of carbonyl (C=O) groups excluding carboxylic acids is 2. The molecule has 3 aliphatic heterocycles. The molecule has 1 spiro atoms. The van der Waals surface area contributed by atoms with E-state index in [1.54, 1.807) is 20.8 Å². The predicted molar refractivity (Wildman–Crippen MR) is 174 cm³/mol. The standard InChI is InChI=1S/C37H59NO11/c1-8-19(4)30(41)47-25-12-13-32(5)23-14-22(39)28-35(32,49-37(23,25)46)15-21-20-17-38-16-18(3)10-11-24(38)34(7,44)26(20)27(40)29(36(21,28)45)48-31(42)33(6,43)9-2/h18-29,39-40,43-46H,8-17H2,1-7H3/t18-,19?,20-,21?,22?,23-,24?,25-,26?,27+,28+,29?,32-,33?,34+,35?,36?,37+/m0/s1. The number of nitrogens with zero attached hydrogens (tertiary/aromatic N) is 1. The summed E-state index contributed by atoms with van der Waals surface area (Å²) in [4.78, 5) is 28.9. The van der Waals surface area contributed by atoms with Crippen molar-refractivity contribution in [2.24, 2.45) is 46.8 Å². The molecule has 9 unspecified atom stereocenters. The molecule has 278 valence electrons. The van der Waals surface area contributed by atoms with Crippen LogP contribution in [0.2, 0.25) is 0 Å². The van der Waals surface area contributed by atoms with Gasteiger partial charge in [-0.05, 0) is 83.0 Å². The van der Waals surface area contributed by atoms with Crippen LogP contribution in [0, 0.1) is 46.8 Å². The number of esters is 2. The van der Waals surface area contributed by atoms with Gasteiger partial charge in [0, 0.05) is 42.3 Å². The molecule has 4 aliphatic carbocycles. The van der Waals surface area contributed by atoms with Gasteiger partial charge in [0.05, 0.1) is 29.3 Å². The first-order valence-electron chi connectivity index (χ1n) is 18.9. The Kier molecular flexibility index (Phi) is 8.31. The Labute approximate surface area is 289 Å². The fourth-order valence-corrected chi connectivity index (χ4v) is 12.5. The van der Waals surface area contributed by atoms with Gasteiger partial charge in [-0.2, -0.15) is 0 Å². The van der Waals surface area contributed by atoms with Crippen LogP contribution < -0.4 is 0 Å². The lowest BCUT2D eigenvalue weighted by Gasteiger charge is -2.64. The maximum atomic E-state index is 13.6. The number of ether oxygens (including phenoxy) is 3. The number of aliphatic hydroxyl groups is 6. The van der Waals surface area contributed by atoms with Gasteiger partial charge in [-0.25, -0.2) is 4.79 Å². The Morgan fingerprint density at radius 1 is 1.06 bits per heavy atom. The van der Waals surface area contributed by atoms with Crippen molar-refractivity contribution in [3.05, 3.63) is 0 Å². The molecule has 0 radical (unpaired) electrons. The first-order valence-corrected chi connectivity index (χ1v) is 18.9. The van der Waals surface area contributed by atoms with Gasteiger partial charge in [0.25, 0.3) is 0 Å². The third-order valence-electron chi connectivity index (χ3n) is 15.4. The first-order chi connectivity index (χ1) is 22.7. The fourth-order valence-electron chi connectivity index (χ4n) is 12.5. The zero-order chi connectivity index (χ0) is 35.9. The summed E-state index contributed by atoms with van der Waals surface area (Å²) in [6, 6.07) is -0.251. The molecule has 4 saturated carbocycles. The van der Waals surface area contributed by atoms with Crippen molar-refractivity contribution in [3.63, 3.8) is 0 Å². The van der Waals surface area contributed by atoms with Crippen molar-refractivity contribution in [1.82, 2.24) is 4.90 Å². The third-order valence-corrected chi connectivity index (χ3v) is 15.4. The number of hydrogen-bond acceptors (Lipinski definition) is 12. The monoisotopic (exact) mass is 693 g/mol. The molecule has 7 aliphatic rings. The van der Waals surface area contributed by atoms with E-state index in [4.69, 9.17) is 14.2 Å². The second-order valence-electron chi connectivity index (χ2n) is 18.0. The number of aliphatic hydroxyl groups excluding tert-OH is 2. The topological polar surface area (TPSA) is 186 Å². The Morgan fingerprint density at radius 3 is 2.41 bits per heavy atom. The summed E-state index contributed by atoms with van der Waals surface area (Å²) < 4.78 is 18.9. The Bertz CT molecular complexity index is 1360. The van der Waals surface area contributed by atoms with Gasteiger partial charge >= 0.3 is 11.9 Å². The molecule has 3 heterocycles. The lowest BCUT2D eigenvalue weighted by atomic mass is 9.49. The predicted octanol–water partition coefficient (Wildman–Crippen LogP) is 1.49. The van der Waals surface area contributed by atoms with Crippen LogP contribution in [0.15, 0.2) is 0 Å². The summed E-state index contributed by atoms with van der Waals surface area (Å²) in [5, 5.41) is 73.7. The summed E-state index contributed by atoms with van der Waals surface area (Å²) in [6.07, 6.45) is -2.08. The molecular formula is C37H59NO11. The Balaban J connectivity index is 1.36. The van der Waals surface area contributed by atoms with Crippen LogP contribution in [0.3, 0.4) is 0 Å². The third kappa shape index (κ3) is 4.56. The smallest absolute Gasteiger partial charge is 0.338 e. The number of carbonyl (C=O) groups is 2. The average Bonchev–Trinajstić information content (AvgIpc) is 3.31. The molecule has 0 aromatic heterocycles. The molecular weight excluding hydrogens is 634 g/mol. The number of piperidine rings is 2. The van der Waals surface area contributed by atoms with Gasteiger partial charge in [-0.3, -0.25) is 9.69 Å². The van der Waals surface area contributed by atoms with Gasteiger partial charge < -0.3 is 44.8 Å². The van der Waals surface area contributed by atoms with Crippen molar-refractivity contribution in [1.29, 1.82) is 0 Å². The van der Waals surface area contributed by atoms with Crippen LogP contribution >= 0.6 is 0 Å². The molecule has 18 atom stereocenters. The van der Waals surface area contributed by atoms with E-state index >= 15 is 0 Å². The van der Waals surface area contributed by atoms with E-state index in [-0.39, 0.29) is 31.2 Å². The van der Waals surface area contributed by atoms with Crippen molar-refractivity contribution >= 4 is 11.9 Å². The molecule has 0 aromatic rings. The van der Waals surface area contributed by atoms with Crippen LogP contribution in [0.5, 0.6) is 0 Å². The van der Waals surface area contributed by atoms with Crippen LogP contribution in [0.4, 0.5) is 0 Å². The quantitative estimate of drug-likeness (QED) is 0.221. The summed E-state index contributed by atoms with van der Waals surface area (Å²) in [5.74, 6) is -7.09. The molecule has 12 nitrogen and oxygen atoms in total. The molecule has 0 aromatic carbocycles. The van der Waals surface area contributed by atoms with Crippen molar-refractivity contribution in [3.8, 4) is 0 Å². The molecule has 49 heavy (non-hydrogen) atoms. The van der Waals surface area contributed by atoms with E-state index in [0.717, 1.165) is 19.4 Å². The molecule has 7 rings (SSSR count). The molecule has 4 bridgehead atoms. The Morgan fingerprint density at radius 2 is 1.76 bits per heavy atom. The minimum Gasteiger partial charge on any atom is -0.456 e. The van der Waals surface area contributed by atoms with E-state index in [9.17, 15) is 40.2 Å².